The van der Waals surface area contributed by atoms with Crippen LogP contribution in [0.5, 0.6) is 0 Å². The maximum atomic E-state index is 12.6. The molecule has 2 N–H and O–H groups in total. The minimum Gasteiger partial charge on any atom is -0.446 e. The van der Waals surface area contributed by atoms with E-state index in [-0.39, 0.29) is 24.4 Å². The van der Waals surface area contributed by atoms with E-state index in [1.165, 1.54) is 6.20 Å². The molecule has 1 aromatic heterocycles. The summed E-state index contributed by atoms with van der Waals surface area (Å²) in [4.78, 5) is 31.4. The van der Waals surface area contributed by atoms with E-state index in [2.05, 4.69) is 34.4 Å². The Morgan fingerprint density at radius 2 is 1.83 bits per heavy atom. The molecule has 0 unspecified atom stereocenters. The van der Waals surface area contributed by atoms with Gasteiger partial charge in [-0.15, -0.1) is 12.4 Å². The molecule has 0 aliphatic carbocycles. The van der Waals surface area contributed by atoms with Crippen LogP contribution in [-0.2, 0) is 4.74 Å². The molecule has 0 spiro atoms. The second kappa shape index (κ2) is 11.2. The second-order valence-corrected chi connectivity index (χ2v) is 7.66. The van der Waals surface area contributed by atoms with Gasteiger partial charge in [0.05, 0.1) is 16.3 Å². The molecule has 3 rings (SSSR count). The van der Waals surface area contributed by atoms with Crippen LogP contribution >= 0.6 is 24.0 Å². The Morgan fingerprint density at radius 1 is 1.13 bits per heavy atom. The third kappa shape index (κ3) is 6.58. The SMILES string of the molecule is CC(C)N1CCC(OC(=O)Nc2ccccc2C(=O)Nc2ccc(Cl)cn2)CC1.Cl. The van der Waals surface area contributed by atoms with Gasteiger partial charge in [0.1, 0.15) is 11.9 Å². The number of hydrogen-bond acceptors (Lipinski definition) is 5. The highest BCUT2D eigenvalue weighted by molar-refractivity contribution is 6.30. The Hall–Kier alpha value is -2.35. The first-order valence-electron chi connectivity index (χ1n) is 9.66. The number of aromatic nitrogens is 1. The second-order valence-electron chi connectivity index (χ2n) is 7.22. The third-order valence-electron chi connectivity index (χ3n) is 4.86. The van der Waals surface area contributed by atoms with E-state index in [1.807, 2.05) is 0 Å². The zero-order valence-corrected chi connectivity index (χ0v) is 18.5. The number of anilines is 2. The fourth-order valence-corrected chi connectivity index (χ4v) is 3.34. The van der Waals surface area contributed by atoms with Crippen LogP contribution in [0, 0.1) is 0 Å². The van der Waals surface area contributed by atoms with Crippen molar-refractivity contribution in [2.24, 2.45) is 0 Å². The predicted molar refractivity (Wildman–Crippen MR) is 121 cm³/mol. The average molecular weight is 453 g/mol. The molecule has 1 aliphatic heterocycles. The van der Waals surface area contributed by atoms with Crippen molar-refractivity contribution in [1.29, 1.82) is 0 Å². The van der Waals surface area contributed by atoms with Gasteiger partial charge in [-0.2, -0.15) is 0 Å². The number of piperidine rings is 1. The van der Waals surface area contributed by atoms with E-state index in [0.717, 1.165) is 25.9 Å². The summed E-state index contributed by atoms with van der Waals surface area (Å²) in [6.07, 6.45) is 2.37. The zero-order chi connectivity index (χ0) is 20.8. The van der Waals surface area contributed by atoms with E-state index in [0.29, 0.717) is 28.1 Å². The minimum atomic E-state index is -0.558. The van der Waals surface area contributed by atoms with Crippen molar-refractivity contribution < 1.29 is 14.3 Å². The van der Waals surface area contributed by atoms with E-state index >= 15 is 0 Å². The van der Waals surface area contributed by atoms with E-state index in [1.54, 1.807) is 36.4 Å². The van der Waals surface area contributed by atoms with Crippen molar-refractivity contribution in [1.82, 2.24) is 9.88 Å². The number of para-hydroxylation sites is 1. The van der Waals surface area contributed by atoms with Crippen LogP contribution < -0.4 is 10.6 Å². The molecular formula is C21H26Cl2N4O3. The van der Waals surface area contributed by atoms with Gasteiger partial charge in [-0.05, 0) is 51.0 Å². The maximum absolute atomic E-state index is 12.6. The number of carbonyl (C=O) groups is 2. The Labute approximate surface area is 187 Å². The number of nitrogens with zero attached hydrogens (tertiary/aromatic N) is 2. The average Bonchev–Trinajstić information content (AvgIpc) is 2.70. The minimum absolute atomic E-state index is 0. The Kier molecular flexibility index (Phi) is 8.89. The van der Waals surface area contributed by atoms with Gasteiger partial charge in [0, 0.05) is 25.3 Å². The monoisotopic (exact) mass is 452 g/mol. The van der Waals surface area contributed by atoms with Crippen molar-refractivity contribution >= 4 is 47.5 Å². The smallest absolute Gasteiger partial charge is 0.411 e. The van der Waals surface area contributed by atoms with Crippen LogP contribution in [0.15, 0.2) is 42.6 Å². The summed E-state index contributed by atoms with van der Waals surface area (Å²) in [6.45, 7) is 6.14. The van der Waals surface area contributed by atoms with Gasteiger partial charge in [-0.25, -0.2) is 9.78 Å². The van der Waals surface area contributed by atoms with Crippen LogP contribution in [-0.4, -0.2) is 47.1 Å². The van der Waals surface area contributed by atoms with Crippen molar-refractivity contribution in [3.8, 4) is 0 Å². The van der Waals surface area contributed by atoms with Gasteiger partial charge in [0.2, 0.25) is 0 Å². The molecule has 2 aromatic rings. The highest BCUT2D eigenvalue weighted by Gasteiger charge is 2.24. The Balaban J connectivity index is 0.00000320. The third-order valence-corrected chi connectivity index (χ3v) is 5.08. The summed E-state index contributed by atoms with van der Waals surface area (Å²) in [7, 11) is 0. The van der Waals surface area contributed by atoms with Crippen molar-refractivity contribution in [2.75, 3.05) is 23.7 Å². The molecule has 1 aromatic carbocycles. The molecular weight excluding hydrogens is 427 g/mol. The summed E-state index contributed by atoms with van der Waals surface area (Å²) in [5, 5.41) is 5.86. The van der Waals surface area contributed by atoms with Gasteiger partial charge in [0.25, 0.3) is 5.91 Å². The van der Waals surface area contributed by atoms with E-state index in [4.69, 9.17) is 16.3 Å². The number of halogens is 2. The molecule has 1 aliphatic rings. The molecule has 1 fully saturated rings. The van der Waals surface area contributed by atoms with Crippen LogP contribution in [0.4, 0.5) is 16.3 Å². The summed E-state index contributed by atoms with van der Waals surface area (Å²) in [5.74, 6) is -0.0188. The highest BCUT2D eigenvalue weighted by atomic mass is 35.5. The molecule has 1 saturated heterocycles. The molecule has 2 heterocycles. The van der Waals surface area contributed by atoms with Gasteiger partial charge < -0.3 is 15.0 Å². The van der Waals surface area contributed by atoms with E-state index in [9.17, 15) is 9.59 Å². The topological polar surface area (TPSA) is 83.6 Å². The highest BCUT2D eigenvalue weighted by Crippen LogP contribution is 2.20. The molecule has 0 atom stereocenters. The molecule has 7 nitrogen and oxygen atoms in total. The molecule has 162 valence electrons. The molecule has 0 bridgehead atoms. The lowest BCUT2D eigenvalue weighted by atomic mass is 10.1. The lowest BCUT2D eigenvalue weighted by molar-refractivity contribution is 0.0497. The quantitative estimate of drug-likeness (QED) is 0.678. The predicted octanol–water partition coefficient (Wildman–Crippen LogP) is 4.83. The zero-order valence-electron chi connectivity index (χ0n) is 16.9. The number of carbonyl (C=O) groups excluding carboxylic acids is 2. The fourth-order valence-electron chi connectivity index (χ4n) is 3.22. The van der Waals surface area contributed by atoms with Gasteiger partial charge >= 0.3 is 6.09 Å². The van der Waals surface area contributed by atoms with Crippen LogP contribution in [0.1, 0.15) is 37.0 Å². The largest absolute Gasteiger partial charge is 0.446 e. The summed E-state index contributed by atoms with van der Waals surface area (Å²) >= 11 is 5.81. The van der Waals surface area contributed by atoms with Crippen LogP contribution in [0.2, 0.25) is 5.02 Å². The van der Waals surface area contributed by atoms with Crippen molar-refractivity contribution in [3.63, 3.8) is 0 Å². The molecule has 2 amide bonds. The van der Waals surface area contributed by atoms with Gasteiger partial charge in [-0.3, -0.25) is 10.1 Å². The molecule has 30 heavy (non-hydrogen) atoms. The molecule has 9 heteroatoms. The lowest BCUT2D eigenvalue weighted by Crippen LogP contribution is -2.41. The number of hydrogen-bond donors (Lipinski definition) is 2. The number of amides is 2. The number of likely N-dealkylation sites (tertiary alicyclic amines) is 1. The van der Waals surface area contributed by atoms with Crippen molar-refractivity contribution in [2.45, 2.75) is 38.8 Å². The number of ether oxygens (including phenoxy) is 1. The maximum Gasteiger partial charge on any atom is 0.411 e. The number of benzene rings is 1. The van der Waals surface area contributed by atoms with Crippen LogP contribution in [0.3, 0.4) is 0 Å². The lowest BCUT2D eigenvalue weighted by Gasteiger charge is -2.34. The summed E-state index contributed by atoms with van der Waals surface area (Å²) in [6, 6.07) is 10.5. The number of nitrogens with one attached hydrogen (secondary N) is 2. The van der Waals surface area contributed by atoms with Crippen molar-refractivity contribution in [3.05, 3.63) is 53.2 Å². The summed E-state index contributed by atoms with van der Waals surface area (Å²) < 4.78 is 5.55. The summed E-state index contributed by atoms with van der Waals surface area (Å²) in [5.41, 5.74) is 0.694. The van der Waals surface area contributed by atoms with E-state index < -0.39 is 6.09 Å². The first kappa shape index (κ1) is 23.9. The first-order valence-corrected chi connectivity index (χ1v) is 10.0. The van der Waals surface area contributed by atoms with Gasteiger partial charge in [-0.1, -0.05) is 23.7 Å². The normalized spacial score (nSPS) is 14.7. The standard InChI is InChI=1S/C21H25ClN4O3.ClH/c1-14(2)26-11-9-16(10-12-26)29-21(28)24-18-6-4-3-5-17(18)20(27)25-19-8-7-15(22)13-23-19;/h3-8,13-14,16H,9-12H2,1-2H3,(H,24,28)(H,23,25,27);1H. The van der Waals surface area contributed by atoms with Gasteiger partial charge in [0.15, 0.2) is 0 Å². The number of pyridine rings is 1. The molecule has 0 saturated carbocycles. The Bertz CT molecular complexity index is 854. The number of rotatable bonds is 5. The molecule has 0 radical (unpaired) electrons. The first-order chi connectivity index (χ1) is 13.9. The Morgan fingerprint density at radius 3 is 2.47 bits per heavy atom. The fraction of sp³-hybridized carbons (Fsp3) is 0.381. The van der Waals surface area contributed by atoms with Crippen LogP contribution in [0.25, 0.3) is 0 Å².